The van der Waals surface area contributed by atoms with Gasteiger partial charge in [0.15, 0.2) is 0 Å². The zero-order valence-electron chi connectivity index (χ0n) is 11.4. The van der Waals surface area contributed by atoms with Crippen LogP contribution in [-0.2, 0) is 12.8 Å². The van der Waals surface area contributed by atoms with E-state index < -0.39 is 4.92 Å². The van der Waals surface area contributed by atoms with Gasteiger partial charge >= 0.3 is 5.69 Å². The van der Waals surface area contributed by atoms with Crippen LogP contribution in [0.1, 0.15) is 24.0 Å². The van der Waals surface area contributed by atoms with Gasteiger partial charge in [-0.2, -0.15) is 4.98 Å². The average Bonchev–Trinajstić information content (AvgIpc) is 2.47. The topological polar surface area (TPSA) is 91.3 Å². The maximum absolute atomic E-state index is 10.7. The van der Waals surface area contributed by atoms with Gasteiger partial charge in [-0.3, -0.25) is 10.1 Å². The third kappa shape index (κ3) is 2.79. The minimum atomic E-state index is -0.564. The molecule has 0 saturated carbocycles. The number of aromatic nitrogens is 1. The Morgan fingerprint density at radius 2 is 1.90 bits per heavy atom. The maximum atomic E-state index is 10.7. The highest BCUT2D eigenvalue weighted by atomic mass is 16.6. The molecule has 1 aliphatic carbocycles. The first-order valence-electron chi connectivity index (χ1n) is 6.84. The fraction of sp³-hybridized carbons (Fsp3) is 0.267. The molecule has 0 fully saturated rings. The molecule has 6 heteroatoms. The Morgan fingerprint density at radius 1 is 1.14 bits per heavy atom. The minimum Gasteiger partial charge on any atom is -0.439 e. The van der Waals surface area contributed by atoms with Gasteiger partial charge in [-0.05, 0) is 48.9 Å². The number of anilines is 1. The van der Waals surface area contributed by atoms with Gasteiger partial charge in [-0.25, -0.2) is 0 Å². The first-order valence-corrected chi connectivity index (χ1v) is 6.84. The second kappa shape index (κ2) is 5.40. The standard InChI is InChI=1S/C15H15N3O3/c16-15-13(18(19)20)7-8-14(17-15)21-12-6-5-10-3-1-2-4-11(10)9-12/h5-9H,1-4H2,(H2,16,17). The Kier molecular flexibility index (Phi) is 3.43. The summed E-state index contributed by atoms with van der Waals surface area (Å²) in [4.78, 5) is 14.0. The molecule has 0 saturated heterocycles. The summed E-state index contributed by atoms with van der Waals surface area (Å²) < 4.78 is 5.65. The summed E-state index contributed by atoms with van der Waals surface area (Å²) in [6, 6.07) is 8.72. The predicted molar refractivity (Wildman–Crippen MR) is 78.5 cm³/mol. The van der Waals surface area contributed by atoms with Crippen LogP contribution in [0.5, 0.6) is 11.6 Å². The van der Waals surface area contributed by atoms with E-state index in [1.165, 1.54) is 36.1 Å². The summed E-state index contributed by atoms with van der Waals surface area (Å²) in [6.45, 7) is 0. The summed E-state index contributed by atoms with van der Waals surface area (Å²) in [7, 11) is 0. The highest BCUT2D eigenvalue weighted by Gasteiger charge is 2.14. The van der Waals surface area contributed by atoms with Gasteiger partial charge < -0.3 is 10.5 Å². The average molecular weight is 285 g/mol. The fourth-order valence-electron chi connectivity index (χ4n) is 2.55. The molecule has 2 aromatic rings. The molecule has 2 N–H and O–H groups in total. The van der Waals surface area contributed by atoms with Crippen LogP contribution >= 0.6 is 0 Å². The number of aryl methyl sites for hydroxylation is 2. The lowest BCUT2D eigenvalue weighted by atomic mass is 9.92. The minimum absolute atomic E-state index is 0.143. The van der Waals surface area contributed by atoms with E-state index in [9.17, 15) is 10.1 Å². The van der Waals surface area contributed by atoms with Crippen molar-refractivity contribution in [3.8, 4) is 11.6 Å². The molecule has 0 unspecified atom stereocenters. The molecule has 0 atom stereocenters. The van der Waals surface area contributed by atoms with E-state index in [2.05, 4.69) is 11.1 Å². The summed E-state index contributed by atoms with van der Waals surface area (Å²) >= 11 is 0. The third-order valence-electron chi connectivity index (χ3n) is 3.62. The van der Waals surface area contributed by atoms with Crippen LogP contribution in [0, 0.1) is 10.1 Å². The van der Waals surface area contributed by atoms with Crippen molar-refractivity contribution in [3.63, 3.8) is 0 Å². The molecule has 6 nitrogen and oxygen atoms in total. The number of benzene rings is 1. The highest BCUT2D eigenvalue weighted by molar-refractivity contribution is 5.53. The molecule has 3 rings (SSSR count). The lowest BCUT2D eigenvalue weighted by Crippen LogP contribution is -2.03. The Labute approximate surface area is 121 Å². The summed E-state index contributed by atoms with van der Waals surface area (Å²) in [5.41, 5.74) is 8.00. The van der Waals surface area contributed by atoms with Crippen LogP contribution in [0.15, 0.2) is 30.3 Å². The number of hydrogen-bond donors (Lipinski definition) is 1. The number of pyridine rings is 1. The molecule has 1 heterocycles. The highest BCUT2D eigenvalue weighted by Crippen LogP contribution is 2.29. The van der Waals surface area contributed by atoms with Crippen molar-refractivity contribution in [2.45, 2.75) is 25.7 Å². The largest absolute Gasteiger partial charge is 0.439 e. The van der Waals surface area contributed by atoms with Crippen molar-refractivity contribution >= 4 is 11.5 Å². The van der Waals surface area contributed by atoms with Gasteiger partial charge in [-0.15, -0.1) is 0 Å². The summed E-state index contributed by atoms with van der Waals surface area (Å²) in [5, 5.41) is 10.7. The number of nitro groups is 1. The number of hydrogen-bond acceptors (Lipinski definition) is 5. The van der Waals surface area contributed by atoms with Crippen LogP contribution in [0.4, 0.5) is 11.5 Å². The number of nitrogen functional groups attached to an aromatic ring is 1. The molecule has 0 spiro atoms. The van der Waals surface area contributed by atoms with Gasteiger partial charge in [0.05, 0.1) is 4.92 Å². The normalized spacial score (nSPS) is 13.5. The molecular formula is C15H15N3O3. The first kappa shape index (κ1) is 13.4. The summed E-state index contributed by atoms with van der Waals surface area (Å²) in [5.74, 6) is 0.792. The SMILES string of the molecule is Nc1nc(Oc2ccc3c(c2)CCCC3)ccc1[N+](=O)[O-]. The number of fused-ring (bicyclic) bond motifs is 1. The maximum Gasteiger partial charge on any atom is 0.311 e. The molecule has 1 aliphatic rings. The van der Waals surface area contributed by atoms with E-state index in [1.807, 2.05) is 12.1 Å². The van der Waals surface area contributed by atoms with Crippen molar-refractivity contribution in [1.29, 1.82) is 0 Å². The van der Waals surface area contributed by atoms with E-state index in [0.717, 1.165) is 12.8 Å². The van der Waals surface area contributed by atoms with Gasteiger partial charge in [-0.1, -0.05) is 6.07 Å². The molecular weight excluding hydrogens is 270 g/mol. The predicted octanol–water partition coefficient (Wildman–Crippen LogP) is 3.24. The van der Waals surface area contributed by atoms with Crippen molar-refractivity contribution in [2.75, 3.05) is 5.73 Å². The Balaban J connectivity index is 1.83. The molecule has 0 aliphatic heterocycles. The number of nitrogens with zero attached hydrogens (tertiary/aromatic N) is 2. The quantitative estimate of drug-likeness (QED) is 0.690. The zero-order valence-corrected chi connectivity index (χ0v) is 11.4. The monoisotopic (exact) mass is 285 g/mol. The van der Waals surface area contributed by atoms with E-state index in [1.54, 1.807) is 0 Å². The lowest BCUT2D eigenvalue weighted by molar-refractivity contribution is -0.384. The second-order valence-electron chi connectivity index (χ2n) is 5.05. The van der Waals surface area contributed by atoms with E-state index in [0.29, 0.717) is 5.75 Å². The van der Waals surface area contributed by atoms with Gasteiger partial charge in [0.2, 0.25) is 11.7 Å². The Morgan fingerprint density at radius 3 is 2.62 bits per heavy atom. The second-order valence-corrected chi connectivity index (χ2v) is 5.05. The van der Waals surface area contributed by atoms with E-state index >= 15 is 0 Å². The third-order valence-corrected chi connectivity index (χ3v) is 3.62. The van der Waals surface area contributed by atoms with Gasteiger partial charge in [0.1, 0.15) is 5.75 Å². The lowest BCUT2D eigenvalue weighted by Gasteiger charge is -2.16. The molecule has 108 valence electrons. The van der Waals surface area contributed by atoms with Crippen molar-refractivity contribution in [1.82, 2.24) is 4.98 Å². The fourth-order valence-corrected chi connectivity index (χ4v) is 2.55. The van der Waals surface area contributed by atoms with Crippen LogP contribution < -0.4 is 10.5 Å². The van der Waals surface area contributed by atoms with Gasteiger partial charge in [0.25, 0.3) is 0 Å². The van der Waals surface area contributed by atoms with Crippen LogP contribution in [0.3, 0.4) is 0 Å². The van der Waals surface area contributed by atoms with Crippen LogP contribution in [0.25, 0.3) is 0 Å². The molecule has 21 heavy (non-hydrogen) atoms. The molecule has 1 aromatic heterocycles. The molecule has 0 radical (unpaired) electrons. The molecule has 0 amide bonds. The van der Waals surface area contributed by atoms with Crippen molar-refractivity contribution < 1.29 is 9.66 Å². The van der Waals surface area contributed by atoms with Gasteiger partial charge in [0, 0.05) is 12.1 Å². The van der Waals surface area contributed by atoms with E-state index in [4.69, 9.17) is 10.5 Å². The van der Waals surface area contributed by atoms with Crippen molar-refractivity contribution in [3.05, 3.63) is 51.6 Å². The Bertz CT molecular complexity index is 701. The molecule has 1 aromatic carbocycles. The number of nitrogens with two attached hydrogens (primary N) is 1. The smallest absolute Gasteiger partial charge is 0.311 e. The Hall–Kier alpha value is -2.63. The first-order chi connectivity index (χ1) is 10.1. The molecule has 0 bridgehead atoms. The van der Waals surface area contributed by atoms with E-state index in [-0.39, 0.29) is 17.4 Å². The number of rotatable bonds is 3. The zero-order chi connectivity index (χ0) is 14.8. The van der Waals surface area contributed by atoms with Crippen molar-refractivity contribution in [2.24, 2.45) is 0 Å². The van der Waals surface area contributed by atoms with Crippen LogP contribution in [-0.4, -0.2) is 9.91 Å². The number of ether oxygens (including phenoxy) is 1. The summed E-state index contributed by atoms with van der Waals surface area (Å²) in [6.07, 6.45) is 4.59. The van der Waals surface area contributed by atoms with Crippen LogP contribution in [0.2, 0.25) is 0 Å².